The predicted octanol–water partition coefficient (Wildman–Crippen LogP) is 1.54. The summed E-state index contributed by atoms with van der Waals surface area (Å²) in [6, 6.07) is 0.301. The molecule has 1 saturated heterocycles. The summed E-state index contributed by atoms with van der Waals surface area (Å²) < 4.78 is 5.63. The molecule has 0 spiro atoms. The molecule has 2 heteroatoms. The second-order valence-corrected chi connectivity index (χ2v) is 4.44. The van der Waals surface area contributed by atoms with Gasteiger partial charge in [-0.25, -0.2) is 0 Å². The Morgan fingerprint density at radius 2 is 2.17 bits per heavy atom. The first kappa shape index (κ1) is 8.52. The van der Waals surface area contributed by atoms with Crippen molar-refractivity contribution >= 4 is 0 Å². The minimum atomic E-state index is 0.301. The van der Waals surface area contributed by atoms with Gasteiger partial charge < -0.3 is 10.5 Å². The van der Waals surface area contributed by atoms with E-state index in [2.05, 4.69) is 6.92 Å². The van der Waals surface area contributed by atoms with Crippen LogP contribution in [0.15, 0.2) is 0 Å². The fraction of sp³-hybridized carbons (Fsp3) is 1.00. The number of rotatable bonds is 3. The average molecular weight is 169 g/mol. The lowest BCUT2D eigenvalue weighted by molar-refractivity contribution is 0.0686. The quantitative estimate of drug-likeness (QED) is 0.695. The lowest BCUT2D eigenvalue weighted by atomic mass is 9.95. The molecule has 0 bridgehead atoms. The van der Waals surface area contributed by atoms with Gasteiger partial charge in [0.05, 0.1) is 6.10 Å². The largest absolute Gasteiger partial charge is 0.376 e. The molecule has 0 aromatic carbocycles. The smallest absolute Gasteiger partial charge is 0.0752 e. The van der Waals surface area contributed by atoms with Gasteiger partial charge in [0.15, 0.2) is 0 Å². The van der Waals surface area contributed by atoms with Crippen molar-refractivity contribution in [3.63, 3.8) is 0 Å². The molecule has 2 rings (SSSR count). The fourth-order valence-corrected chi connectivity index (χ4v) is 2.14. The summed E-state index contributed by atoms with van der Waals surface area (Å²) >= 11 is 0. The predicted molar refractivity (Wildman–Crippen MR) is 48.8 cm³/mol. The SMILES string of the molecule is CC1CCOC1C(N)CC1CC1. The molecular weight excluding hydrogens is 150 g/mol. The number of nitrogens with two attached hydrogens (primary N) is 1. The maximum absolute atomic E-state index is 6.09. The molecule has 12 heavy (non-hydrogen) atoms. The molecule has 0 aromatic rings. The normalized spacial score (nSPS) is 38.5. The molecule has 1 aliphatic carbocycles. The molecule has 2 N–H and O–H groups in total. The van der Waals surface area contributed by atoms with Gasteiger partial charge in [-0.2, -0.15) is 0 Å². The summed E-state index contributed by atoms with van der Waals surface area (Å²) in [5.74, 6) is 1.61. The van der Waals surface area contributed by atoms with Crippen LogP contribution >= 0.6 is 0 Å². The van der Waals surface area contributed by atoms with Crippen LogP contribution in [0, 0.1) is 11.8 Å². The molecule has 0 amide bonds. The number of hydrogen-bond acceptors (Lipinski definition) is 2. The molecule has 0 aromatic heterocycles. The van der Waals surface area contributed by atoms with Crippen LogP contribution < -0.4 is 5.73 Å². The highest BCUT2D eigenvalue weighted by Gasteiger charge is 2.33. The third-order valence-corrected chi connectivity index (χ3v) is 3.17. The Kier molecular flexibility index (Phi) is 2.37. The van der Waals surface area contributed by atoms with Gasteiger partial charge in [-0.15, -0.1) is 0 Å². The van der Waals surface area contributed by atoms with Gasteiger partial charge in [0, 0.05) is 12.6 Å². The summed E-state index contributed by atoms with van der Waals surface area (Å²) in [7, 11) is 0. The maximum atomic E-state index is 6.09. The van der Waals surface area contributed by atoms with E-state index in [4.69, 9.17) is 10.5 Å². The van der Waals surface area contributed by atoms with Crippen molar-refractivity contribution in [2.45, 2.75) is 44.8 Å². The van der Waals surface area contributed by atoms with E-state index >= 15 is 0 Å². The van der Waals surface area contributed by atoms with Crippen molar-refractivity contribution < 1.29 is 4.74 Å². The summed E-state index contributed by atoms with van der Waals surface area (Å²) in [5.41, 5.74) is 6.09. The van der Waals surface area contributed by atoms with Gasteiger partial charge in [-0.1, -0.05) is 19.8 Å². The van der Waals surface area contributed by atoms with Gasteiger partial charge in [0.1, 0.15) is 0 Å². The highest BCUT2D eigenvalue weighted by Crippen LogP contribution is 2.35. The highest BCUT2D eigenvalue weighted by molar-refractivity contribution is 4.87. The molecule has 3 unspecified atom stereocenters. The molecule has 3 atom stereocenters. The van der Waals surface area contributed by atoms with E-state index < -0.39 is 0 Å². The van der Waals surface area contributed by atoms with Crippen LogP contribution in [0.2, 0.25) is 0 Å². The summed E-state index contributed by atoms with van der Waals surface area (Å²) in [4.78, 5) is 0. The van der Waals surface area contributed by atoms with Crippen molar-refractivity contribution in [1.82, 2.24) is 0 Å². The van der Waals surface area contributed by atoms with Crippen molar-refractivity contribution in [3.8, 4) is 0 Å². The minimum absolute atomic E-state index is 0.301. The van der Waals surface area contributed by atoms with Gasteiger partial charge >= 0.3 is 0 Å². The molecule has 2 aliphatic rings. The summed E-state index contributed by atoms with van der Waals surface area (Å²) in [6.07, 6.45) is 5.53. The summed E-state index contributed by atoms with van der Waals surface area (Å²) in [6.45, 7) is 3.18. The van der Waals surface area contributed by atoms with Crippen LogP contribution in [0.5, 0.6) is 0 Å². The first-order valence-electron chi connectivity index (χ1n) is 5.14. The highest BCUT2D eigenvalue weighted by atomic mass is 16.5. The van der Waals surface area contributed by atoms with Crippen molar-refractivity contribution in [1.29, 1.82) is 0 Å². The molecule has 0 radical (unpaired) electrons. The van der Waals surface area contributed by atoms with E-state index in [-0.39, 0.29) is 0 Å². The van der Waals surface area contributed by atoms with Crippen molar-refractivity contribution in [2.24, 2.45) is 17.6 Å². The fourth-order valence-electron chi connectivity index (χ4n) is 2.14. The van der Waals surface area contributed by atoms with E-state index in [1.807, 2.05) is 0 Å². The van der Waals surface area contributed by atoms with Crippen LogP contribution in [-0.4, -0.2) is 18.8 Å². The molecule has 1 heterocycles. The first-order valence-corrected chi connectivity index (χ1v) is 5.14. The Hall–Kier alpha value is -0.0800. The standard InChI is InChI=1S/C10H19NO/c1-7-4-5-12-10(7)9(11)6-8-2-3-8/h7-10H,2-6,11H2,1H3. The maximum Gasteiger partial charge on any atom is 0.0752 e. The number of hydrogen-bond donors (Lipinski definition) is 1. The monoisotopic (exact) mass is 169 g/mol. The second-order valence-electron chi connectivity index (χ2n) is 4.44. The zero-order valence-electron chi connectivity index (χ0n) is 7.83. The molecule has 1 saturated carbocycles. The lowest BCUT2D eigenvalue weighted by Gasteiger charge is -2.22. The molecule has 1 aliphatic heterocycles. The van der Waals surface area contributed by atoms with Crippen LogP contribution in [-0.2, 0) is 4.74 Å². The van der Waals surface area contributed by atoms with E-state index in [0.717, 1.165) is 12.5 Å². The van der Waals surface area contributed by atoms with Gasteiger partial charge in [-0.05, 0) is 24.7 Å². The average Bonchev–Trinajstić information content (AvgIpc) is 2.72. The number of ether oxygens (including phenoxy) is 1. The Morgan fingerprint density at radius 1 is 1.42 bits per heavy atom. The van der Waals surface area contributed by atoms with Crippen LogP contribution in [0.4, 0.5) is 0 Å². The van der Waals surface area contributed by atoms with Crippen LogP contribution in [0.1, 0.15) is 32.6 Å². The van der Waals surface area contributed by atoms with Crippen molar-refractivity contribution in [3.05, 3.63) is 0 Å². The van der Waals surface area contributed by atoms with Crippen LogP contribution in [0.3, 0.4) is 0 Å². The van der Waals surface area contributed by atoms with Gasteiger partial charge in [0.25, 0.3) is 0 Å². The first-order chi connectivity index (χ1) is 5.77. The Balaban J connectivity index is 1.80. The van der Waals surface area contributed by atoms with E-state index in [1.165, 1.54) is 25.7 Å². The van der Waals surface area contributed by atoms with Gasteiger partial charge in [-0.3, -0.25) is 0 Å². The molecular formula is C10H19NO. The third-order valence-electron chi connectivity index (χ3n) is 3.17. The summed E-state index contributed by atoms with van der Waals surface area (Å²) in [5, 5.41) is 0. The molecule has 2 fully saturated rings. The van der Waals surface area contributed by atoms with E-state index in [1.54, 1.807) is 0 Å². The van der Waals surface area contributed by atoms with Crippen molar-refractivity contribution in [2.75, 3.05) is 6.61 Å². The molecule has 70 valence electrons. The van der Waals surface area contributed by atoms with E-state index in [9.17, 15) is 0 Å². The van der Waals surface area contributed by atoms with Crippen LogP contribution in [0.25, 0.3) is 0 Å². The molecule has 2 nitrogen and oxygen atoms in total. The zero-order valence-corrected chi connectivity index (χ0v) is 7.83. The Bertz CT molecular complexity index is 156. The second kappa shape index (κ2) is 3.35. The zero-order chi connectivity index (χ0) is 8.55. The van der Waals surface area contributed by atoms with E-state index in [0.29, 0.717) is 18.1 Å². The minimum Gasteiger partial charge on any atom is -0.376 e. The third kappa shape index (κ3) is 1.80. The Labute approximate surface area is 74.5 Å². The van der Waals surface area contributed by atoms with Gasteiger partial charge in [0.2, 0.25) is 0 Å². The topological polar surface area (TPSA) is 35.2 Å². The Morgan fingerprint density at radius 3 is 2.67 bits per heavy atom. The lowest BCUT2D eigenvalue weighted by Crippen LogP contribution is -2.38.